The number of hydrogen-bond acceptors (Lipinski definition) is 7. The molecule has 0 aromatic carbocycles. The molecule has 1 fully saturated rings. The molecule has 3 rings (SSSR count). The van der Waals surface area contributed by atoms with Crippen molar-refractivity contribution in [2.75, 3.05) is 23.0 Å². The third-order valence-corrected chi connectivity index (χ3v) is 5.91. The number of nitrogens with zero attached hydrogens (tertiary/aromatic N) is 3. The van der Waals surface area contributed by atoms with E-state index in [0.29, 0.717) is 24.5 Å². The molecule has 25 heavy (non-hydrogen) atoms. The van der Waals surface area contributed by atoms with Gasteiger partial charge in [-0.25, -0.2) is 18.4 Å². The third-order valence-electron chi connectivity index (χ3n) is 4.16. The van der Waals surface area contributed by atoms with E-state index in [4.69, 9.17) is 4.42 Å². The Labute approximate surface area is 146 Å². The second-order valence-corrected chi connectivity index (χ2v) is 8.09. The Morgan fingerprint density at radius 2 is 2.24 bits per heavy atom. The van der Waals surface area contributed by atoms with Crippen LogP contribution >= 0.6 is 0 Å². The molecule has 1 aliphatic rings. The zero-order valence-corrected chi connectivity index (χ0v) is 14.7. The van der Waals surface area contributed by atoms with Gasteiger partial charge in [0.15, 0.2) is 9.84 Å². The van der Waals surface area contributed by atoms with Gasteiger partial charge in [-0.3, -0.25) is 4.79 Å². The first kappa shape index (κ1) is 17.4. The van der Waals surface area contributed by atoms with Crippen LogP contribution in [0.4, 0.5) is 5.82 Å². The number of carbonyl (C=O) groups is 1. The predicted octanol–water partition coefficient (Wildman–Crippen LogP) is 1.01. The van der Waals surface area contributed by atoms with Crippen LogP contribution in [0.1, 0.15) is 29.6 Å². The minimum atomic E-state index is -2.97. The number of amides is 1. The number of aromatic nitrogens is 2. The van der Waals surface area contributed by atoms with E-state index >= 15 is 0 Å². The molecule has 1 saturated heterocycles. The van der Waals surface area contributed by atoms with Crippen LogP contribution in [0.15, 0.2) is 35.2 Å². The average Bonchev–Trinajstić information content (AvgIpc) is 3.23. The summed E-state index contributed by atoms with van der Waals surface area (Å²) < 4.78 is 28.5. The molecular formula is C16H20N4O4S. The van der Waals surface area contributed by atoms with Crippen molar-refractivity contribution in [2.24, 2.45) is 0 Å². The second kappa shape index (κ2) is 7.22. The summed E-state index contributed by atoms with van der Waals surface area (Å²) in [5, 5.41) is 2.70. The molecule has 1 atom stereocenters. The fourth-order valence-electron chi connectivity index (χ4n) is 2.89. The van der Waals surface area contributed by atoms with Crippen molar-refractivity contribution in [3.05, 3.63) is 42.2 Å². The Balaban J connectivity index is 1.65. The SMILES string of the molecule is CCN(c1cnc(C(=O)NCc2ccco2)cn1)C1CCS(=O)(=O)C1. The lowest BCUT2D eigenvalue weighted by molar-refractivity contribution is 0.0942. The van der Waals surface area contributed by atoms with Crippen LogP contribution in [0.5, 0.6) is 0 Å². The summed E-state index contributed by atoms with van der Waals surface area (Å²) >= 11 is 0. The Hall–Kier alpha value is -2.42. The standard InChI is InChI=1S/C16H20N4O4S/c1-2-20(12-5-7-25(22,23)11-12)15-10-17-14(9-18-15)16(21)19-8-13-4-3-6-24-13/h3-4,6,9-10,12H,2,5,7-8,11H2,1H3,(H,19,21). The smallest absolute Gasteiger partial charge is 0.271 e. The maximum atomic E-state index is 12.1. The summed E-state index contributed by atoms with van der Waals surface area (Å²) in [5.74, 6) is 1.22. The first-order valence-corrected chi connectivity index (χ1v) is 9.90. The lowest BCUT2D eigenvalue weighted by Crippen LogP contribution is -2.37. The van der Waals surface area contributed by atoms with Crippen molar-refractivity contribution >= 4 is 21.6 Å². The van der Waals surface area contributed by atoms with E-state index in [9.17, 15) is 13.2 Å². The van der Waals surface area contributed by atoms with Crippen LogP contribution < -0.4 is 10.2 Å². The summed E-state index contributed by atoms with van der Waals surface area (Å²) in [6.45, 7) is 2.84. The summed E-state index contributed by atoms with van der Waals surface area (Å²) in [4.78, 5) is 22.5. The van der Waals surface area contributed by atoms with Gasteiger partial charge in [0.25, 0.3) is 5.91 Å². The highest BCUT2D eigenvalue weighted by molar-refractivity contribution is 7.91. The molecule has 1 aliphatic heterocycles. The molecule has 2 aromatic heterocycles. The number of anilines is 1. The predicted molar refractivity (Wildman–Crippen MR) is 92.0 cm³/mol. The molecule has 1 unspecified atom stereocenters. The summed E-state index contributed by atoms with van der Waals surface area (Å²) in [6, 6.07) is 3.42. The number of rotatable bonds is 6. The Morgan fingerprint density at radius 1 is 1.40 bits per heavy atom. The number of hydrogen-bond donors (Lipinski definition) is 1. The van der Waals surface area contributed by atoms with Crippen molar-refractivity contribution in [1.29, 1.82) is 0 Å². The molecule has 9 heteroatoms. The lowest BCUT2D eigenvalue weighted by atomic mass is 10.2. The van der Waals surface area contributed by atoms with E-state index in [0.717, 1.165) is 0 Å². The van der Waals surface area contributed by atoms with Gasteiger partial charge in [0, 0.05) is 12.6 Å². The van der Waals surface area contributed by atoms with E-state index in [1.165, 1.54) is 12.4 Å². The molecule has 1 N–H and O–H groups in total. The van der Waals surface area contributed by atoms with Crippen molar-refractivity contribution < 1.29 is 17.6 Å². The largest absolute Gasteiger partial charge is 0.467 e. The van der Waals surface area contributed by atoms with Crippen LogP contribution in [0, 0.1) is 0 Å². The molecule has 8 nitrogen and oxygen atoms in total. The maximum Gasteiger partial charge on any atom is 0.271 e. The van der Waals surface area contributed by atoms with Crippen LogP contribution in [0.25, 0.3) is 0 Å². The van der Waals surface area contributed by atoms with Gasteiger partial charge in [0.05, 0.1) is 36.7 Å². The van der Waals surface area contributed by atoms with Gasteiger partial charge >= 0.3 is 0 Å². The molecule has 0 aliphatic carbocycles. The Kier molecular flexibility index (Phi) is 5.03. The van der Waals surface area contributed by atoms with Crippen molar-refractivity contribution in [3.8, 4) is 0 Å². The molecule has 3 heterocycles. The van der Waals surface area contributed by atoms with Crippen molar-refractivity contribution in [3.63, 3.8) is 0 Å². The van der Waals surface area contributed by atoms with Crippen molar-refractivity contribution in [2.45, 2.75) is 25.9 Å². The average molecular weight is 364 g/mol. The number of sulfone groups is 1. The van der Waals surface area contributed by atoms with E-state index < -0.39 is 9.84 Å². The first-order chi connectivity index (χ1) is 12.0. The minimum Gasteiger partial charge on any atom is -0.467 e. The van der Waals surface area contributed by atoms with Crippen LogP contribution in [0.3, 0.4) is 0 Å². The fraction of sp³-hybridized carbons (Fsp3) is 0.438. The second-order valence-electron chi connectivity index (χ2n) is 5.86. The fourth-order valence-corrected chi connectivity index (χ4v) is 4.62. The van der Waals surface area contributed by atoms with E-state index in [2.05, 4.69) is 15.3 Å². The number of carbonyl (C=O) groups excluding carboxylic acids is 1. The zero-order valence-electron chi connectivity index (χ0n) is 13.9. The topological polar surface area (TPSA) is 105 Å². The lowest BCUT2D eigenvalue weighted by Gasteiger charge is -2.27. The van der Waals surface area contributed by atoms with E-state index in [1.807, 2.05) is 11.8 Å². The van der Waals surface area contributed by atoms with Crippen LogP contribution in [-0.2, 0) is 16.4 Å². The molecule has 0 radical (unpaired) electrons. The van der Waals surface area contributed by atoms with Crippen LogP contribution in [0.2, 0.25) is 0 Å². The normalized spacial score (nSPS) is 18.8. The molecule has 0 saturated carbocycles. The van der Waals surface area contributed by atoms with Gasteiger partial charge in [-0.2, -0.15) is 0 Å². The molecule has 1 amide bonds. The Bertz CT molecular complexity index is 818. The highest BCUT2D eigenvalue weighted by Crippen LogP contribution is 2.22. The van der Waals surface area contributed by atoms with E-state index in [-0.39, 0.29) is 35.7 Å². The maximum absolute atomic E-state index is 12.1. The Morgan fingerprint density at radius 3 is 2.80 bits per heavy atom. The quantitative estimate of drug-likeness (QED) is 0.815. The van der Waals surface area contributed by atoms with Gasteiger partial charge in [-0.1, -0.05) is 0 Å². The summed E-state index contributed by atoms with van der Waals surface area (Å²) in [7, 11) is -2.97. The molecule has 134 valence electrons. The van der Waals surface area contributed by atoms with Gasteiger partial charge in [0.2, 0.25) is 0 Å². The third kappa shape index (κ3) is 4.16. The monoisotopic (exact) mass is 364 g/mol. The van der Waals surface area contributed by atoms with Gasteiger partial charge in [-0.15, -0.1) is 0 Å². The molecular weight excluding hydrogens is 344 g/mol. The van der Waals surface area contributed by atoms with Crippen LogP contribution in [-0.4, -0.2) is 48.4 Å². The first-order valence-electron chi connectivity index (χ1n) is 8.08. The van der Waals surface area contributed by atoms with Gasteiger partial charge in [-0.05, 0) is 25.5 Å². The van der Waals surface area contributed by atoms with Crippen molar-refractivity contribution in [1.82, 2.24) is 15.3 Å². The van der Waals surface area contributed by atoms with Gasteiger partial charge < -0.3 is 14.6 Å². The number of furan rings is 1. The molecule has 0 bridgehead atoms. The summed E-state index contributed by atoms with van der Waals surface area (Å²) in [6.07, 6.45) is 5.04. The highest BCUT2D eigenvalue weighted by atomic mass is 32.2. The highest BCUT2D eigenvalue weighted by Gasteiger charge is 2.32. The minimum absolute atomic E-state index is 0.0945. The zero-order chi connectivity index (χ0) is 17.9. The van der Waals surface area contributed by atoms with Gasteiger partial charge in [0.1, 0.15) is 17.3 Å². The number of nitrogens with one attached hydrogen (secondary N) is 1. The summed E-state index contributed by atoms with van der Waals surface area (Å²) in [5.41, 5.74) is 0.199. The molecule has 0 spiro atoms. The van der Waals surface area contributed by atoms with E-state index in [1.54, 1.807) is 18.4 Å². The molecule has 2 aromatic rings.